The minimum absolute atomic E-state index is 0.140. The Bertz CT molecular complexity index is 958. The fraction of sp³-hybridized carbons (Fsp3) is 0.318. The number of hydrogen-bond acceptors (Lipinski definition) is 3. The zero-order valence-corrected chi connectivity index (χ0v) is 15.3. The van der Waals surface area contributed by atoms with Gasteiger partial charge in [0.1, 0.15) is 5.78 Å². The summed E-state index contributed by atoms with van der Waals surface area (Å²) in [5.74, 6) is 0.292. The Hall–Kier alpha value is -2.59. The van der Waals surface area contributed by atoms with Gasteiger partial charge in [0.15, 0.2) is 0 Å². The van der Waals surface area contributed by atoms with Gasteiger partial charge in [0.2, 0.25) is 0 Å². The molecule has 0 radical (unpaired) electrons. The van der Waals surface area contributed by atoms with Gasteiger partial charge < -0.3 is 14.6 Å². The van der Waals surface area contributed by atoms with E-state index in [-0.39, 0.29) is 6.04 Å². The van der Waals surface area contributed by atoms with Gasteiger partial charge >= 0.3 is 0 Å². The van der Waals surface area contributed by atoms with E-state index in [1.165, 1.54) is 10.9 Å². The maximum Gasteiger partial charge on any atom is 0.139 e. The van der Waals surface area contributed by atoms with Crippen LogP contribution in [-0.4, -0.2) is 30.1 Å². The highest BCUT2D eigenvalue weighted by molar-refractivity contribution is 5.93. The molecule has 26 heavy (non-hydrogen) atoms. The molecule has 0 spiro atoms. The van der Waals surface area contributed by atoms with E-state index < -0.39 is 0 Å². The van der Waals surface area contributed by atoms with Crippen LogP contribution < -0.4 is 5.32 Å². The molecule has 3 aromatic rings. The van der Waals surface area contributed by atoms with Gasteiger partial charge in [-0.25, -0.2) is 0 Å². The van der Waals surface area contributed by atoms with Crippen LogP contribution in [0.25, 0.3) is 22.2 Å². The molecule has 2 heterocycles. The largest absolute Gasteiger partial charge is 0.383 e. The van der Waals surface area contributed by atoms with Crippen molar-refractivity contribution in [3.63, 3.8) is 0 Å². The van der Waals surface area contributed by atoms with Gasteiger partial charge in [0.05, 0.1) is 12.3 Å². The van der Waals surface area contributed by atoms with E-state index in [9.17, 15) is 4.79 Å². The van der Waals surface area contributed by atoms with Crippen molar-refractivity contribution in [1.29, 1.82) is 0 Å². The minimum Gasteiger partial charge on any atom is -0.383 e. The third-order valence-electron chi connectivity index (χ3n) is 5.07. The lowest BCUT2D eigenvalue weighted by Gasteiger charge is -2.19. The zero-order chi connectivity index (χ0) is 18.1. The first-order valence-electron chi connectivity index (χ1n) is 9.15. The number of rotatable bonds is 4. The molecule has 2 aromatic carbocycles. The lowest BCUT2D eigenvalue weighted by atomic mass is 10.0. The molecule has 0 saturated carbocycles. The smallest absolute Gasteiger partial charge is 0.139 e. The molecule has 1 aromatic heterocycles. The summed E-state index contributed by atoms with van der Waals surface area (Å²) < 4.78 is 7.65. The number of nitrogens with one attached hydrogen (secondary N) is 1. The van der Waals surface area contributed by atoms with Crippen LogP contribution in [0.4, 0.5) is 5.69 Å². The number of fused-ring (bicyclic) bond motifs is 2. The molecular formula is C22H24N2O2. The number of ketones is 1. The molecule has 1 atom stereocenters. The lowest BCUT2D eigenvalue weighted by Crippen LogP contribution is -2.17. The number of carbonyl (C=O) groups is 1. The first kappa shape index (κ1) is 16.9. The van der Waals surface area contributed by atoms with E-state index in [4.69, 9.17) is 4.74 Å². The van der Waals surface area contributed by atoms with Crippen molar-refractivity contribution in [2.24, 2.45) is 0 Å². The first-order chi connectivity index (χ1) is 12.7. The van der Waals surface area contributed by atoms with Gasteiger partial charge in [0, 0.05) is 54.7 Å². The number of nitrogens with zero attached hydrogens (tertiary/aromatic N) is 1. The number of anilines is 1. The highest BCUT2D eigenvalue weighted by atomic mass is 16.5. The average molecular weight is 348 g/mol. The summed E-state index contributed by atoms with van der Waals surface area (Å²) in [6, 6.07) is 17.1. The van der Waals surface area contributed by atoms with E-state index >= 15 is 0 Å². The van der Waals surface area contributed by atoms with Crippen molar-refractivity contribution in [2.45, 2.75) is 32.4 Å². The number of methoxy groups -OCH3 is 1. The standard InChI is InChI=1S/C22H24N2O2/c1-15-12-18(25)13-17-7-5-8-19(22(17)23-15)21-14-16-6-3-4-9-20(16)24(21)10-11-26-2/h3-9,14-15,23H,10-13H2,1-2H3/t15-/m1/s1. The van der Waals surface area contributed by atoms with E-state index in [1.54, 1.807) is 7.11 Å². The maximum atomic E-state index is 12.2. The second-order valence-electron chi connectivity index (χ2n) is 7.04. The molecule has 1 aliphatic heterocycles. The Morgan fingerprint density at radius 1 is 1.19 bits per heavy atom. The van der Waals surface area contributed by atoms with Crippen LogP contribution in [0.1, 0.15) is 18.9 Å². The second-order valence-corrected chi connectivity index (χ2v) is 7.04. The number of ether oxygens (including phenoxy) is 1. The molecule has 0 amide bonds. The predicted molar refractivity (Wildman–Crippen MR) is 106 cm³/mol. The molecular weight excluding hydrogens is 324 g/mol. The summed E-state index contributed by atoms with van der Waals surface area (Å²) >= 11 is 0. The Labute approximate surface area is 153 Å². The van der Waals surface area contributed by atoms with E-state index in [1.807, 2.05) is 0 Å². The molecule has 0 unspecified atom stereocenters. The third-order valence-corrected chi connectivity index (χ3v) is 5.07. The average Bonchev–Trinajstić information content (AvgIpc) is 2.91. The van der Waals surface area contributed by atoms with Gasteiger partial charge in [-0.05, 0) is 24.6 Å². The van der Waals surface area contributed by atoms with E-state index in [0.29, 0.717) is 25.2 Å². The molecule has 0 aliphatic carbocycles. The van der Waals surface area contributed by atoms with Crippen molar-refractivity contribution in [3.8, 4) is 11.3 Å². The molecule has 1 aliphatic rings. The Balaban J connectivity index is 1.91. The SMILES string of the molecule is COCCn1c(-c2cccc3c2N[C@H](C)CC(=O)C3)cc2ccccc21. The monoisotopic (exact) mass is 348 g/mol. The van der Waals surface area contributed by atoms with Crippen LogP contribution in [-0.2, 0) is 22.5 Å². The summed E-state index contributed by atoms with van der Waals surface area (Å²) in [5, 5.41) is 4.80. The number of aromatic nitrogens is 1. The zero-order valence-electron chi connectivity index (χ0n) is 15.3. The minimum atomic E-state index is 0.140. The molecule has 0 bridgehead atoms. The van der Waals surface area contributed by atoms with Gasteiger partial charge in [-0.1, -0.05) is 36.4 Å². The highest BCUT2D eigenvalue weighted by Gasteiger charge is 2.22. The number of para-hydroxylation sites is 2. The van der Waals surface area contributed by atoms with E-state index in [0.717, 1.165) is 29.1 Å². The van der Waals surface area contributed by atoms with Crippen LogP contribution in [0, 0.1) is 0 Å². The van der Waals surface area contributed by atoms with Crippen molar-refractivity contribution in [3.05, 3.63) is 54.1 Å². The molecule has 4 nitrogen and oxygen atoms in total. The fourth-order valence-corrected chi connectivity index (χ4v) is 3.91. The molecule has 1 N–H and O–H groups in total. The predicted octanol–water partition coefficient (Wildman–Crippen LogP) is 4.27. The van der Waals surface area contributed by atoms with Crippen molar-refractivity contribution >= 4 is 22.4 Å². The number of hydrogen-bond donors (Lipinski definition) is 1. The summed E-state index contributed by atoms with van der Waals surface area (Å²) in [6.45, 7) is 3.52. The topological polar surface area (TPSA) is 43.3 Å². The van der Waals surface area contributed by atoms with Crippen molar-refractivity contribution in [1.82, 2.24) is 4.57 Å². The molecule has 0 fully saturated rings. The fourth-order valence-electron chi connectivity index (χ4n) is 3.91. The maximum absolute atomic E-state index is 12.2. The van der Waals surface area contributed by atoms with Crippen molar-refractivity contribution < 1.29 is 9.53 Å². The number of Topliss-reactive ketones (excluding diaryl/α,β-unsaturated/α-hetero) is 1. The first-order valence-corrected chi connectivity index (χ1v) is 9.15. The highest BCUT2D eigenvalue weighted by Crippen LogP contribution is 2.37. The number of carbonyl (C=O) groups excluding carboxylic acids is 1. The summed E-state index contributed by atoms with van der Waals surface area (Å²) in [7, 11) is 1.73. The Morgan fingerprint density at radius 3 is 2.88 bits per heavy atom. The normalized spacial score (nSPS) is 17.0. The summed E-state index contributed by atoms with van der Waals surface area (Å²) in [6.07, 6.45) is 1.07. The molecule has 134 valence electrons. The van der Waals surface area contributed by atoms with Crippen LogP contribution >= 0.6 is 0 Å². The molecule has 0 saturated heterocycles. The Kier molecular flexibility index (Phi) is 4.51. The Morgan fingerprint density at radius 2 is 2.04 bits per heavy atom. The summed E-state index contributed by atoms with van der Waals surface area (Å²) in [5.41, 5.74) is 5.69. The quantitative estimate of drug-likeness (QED) is 0.766. The van der Waals surface area contributed by atoms with E-state index in [2.05, 4.69) is 65.3 Å². The number of benzene rings is 2. The van der Waals surface area contributed by atoms with Gasteiger partial charge in [0.25, 0.3) is 0 Å². The molecule has 4 rings (SSSR count). The van der Waals surface area contributed by atoms with Crippen molar-refractivity contribution in [2.75, 3.05) is 19.0 Å². The van der Waals surface area contributed by atoms with Gasteiger partial charge in [-0.15, -0.1) is 0 Å². The second kappa shape index (κ2) is 6.96. The van der Waals surface area contributed by atoms with Crippen LogP contribution in [0.3, 0.4) is 0 Å². The van der Waals surface area contributed by atoms with Gasteiger partial charge in [-0.3, -0.25) is 4.79 Å². The third kappa shape index (κ3) is 3.01. The summed E-state index contributed by atoms with van der Waals surface area (Å²) in [4.78, 5) is 12.2. The molecule has 4 heteroatoms. The van der Waals surface area contributed by atoms with Gasteiger partial charge in [-0.2, -0.15) is 0 Å². The van der Waals surface area contributed by atoms with Crippen LogP contribution in [0.5, 0.6) is 0 Å². The van der Waals surface area contributed by atoms with Crippen LogP contribution in [0.2, 0.25) is 0 Å². The van der Waals surface area contributed by atoms with Crippen LogP contribution in [0.15, 0.2) is 48.5 Å². The lowest BCUT2D eigenvalue weighted by molar-refractivity contribution is -0.118.